The van der Waals surface area contributed by atoms with Crippen LogP contribution in [-0.4, -0.2) is 37.4 Å². The number of carbonyl (C=O) groups excluding carboxylic acids is 1. The molecule has 0 saturated carbocycles. The fraction of sp³-hybridized carbons (Fsp3) is 0.667. The van der Waals surface area contributed by atoms with E-state index in [1.807, 2.05) is 0 Å². The van der Waals surface area contributed by atoms with Crippen LogP contribution in [-0.2, 0) is 9.53 Å². The fourth-order valence-electron chi connectivity index (χ4n) is 1.17. The van der Waals surface area contributed by atoms with Crippen LogP contribution in [0.1, 0.15) is 13.3 Å². The topological polar surface area (TPSA) is 58.6 Å². The highest BCUT2D eigenvalue weighted by Crippen LogP contribution is 2.16. The molecule has 0 aliphatic carbocycles. The fourth-order valence-corrected chi connectivity index (χ4v) is 1.17. The number of carbonyl (C=O) groups is 1. The Hall–Kier alpha value is -0.870. The van der Waals surface area contributed by atoms with Crippen LogP contribution in [0.4, 0.5) is 0 Å². The van der Waals surface area contributed by atoms with Crippen LogP contribution >= 0.6 is 0 Å². The maximum Gasteiger partial charge on any atom is 0.328 e. The van der Waals surface area contributed by atoms with Crippen molar-refractivity contribution in [3.63, 3.8) is 0 Å². The maximum absolute atomic E-state index is 11.3. The van der Waals surface area contributed by atoms with Crippen molar-refractivity contribution in [3.05, 3.63) is 12.2 Å². The summed E-state index contributed by atoms with van der Waals surface area (Å²) >= 11 is 0. The number of hydrogen-bond acceptors (Lipinski definition) is 4. The van der Waals surface area contributed by atoms with Crippen LogP contribution in [0.5, 0.6) is 0 Å². The third-order valence-corrected chi connectivity index (χ3v) is 1.93. The van der Waals surface area contributed by atoms with Gasteiger partial charge in [-0.1, -0.05) is 5.57 Å². The molecule has 76 valence electrons. The first-order chi connectivity index (χ1) is 6.02. The van der Waals surface area contributed by atoms with Crippen LogP contribution in [0.3, 0.4) is 0 Å². The van der Waals surface area contributed by atoms with Gasteiger partial charge in [0.1, 0.15) is 5.54 Å². The first kappa shape index (κ1) is 12.1. The minimum Gasteiger partial charge on any atom is -0.468 e. The van der Waals surface area contributed by atoms with Gasteiger partial charge < -0.3 is 15.2 Å². The molecule has 4 nitrogen and oxygen atoms in total. The summed E-state index contributed by atoms with van der Waals surface area (Å²) in [6.07, 6.45) is 0.368. The van der Waals surface area contributed by atoms with Gasteiger partial charge in [-0.25, -0.2) is 4.79 Å². The van der Waals surface area contributed by atoms with Gasteiger partial charge in [-0.05, 0) is 20.4 Å². The number of esters is 1. The van der Waals surface area contributed by atoms with E-state index in [-0.39, 0.29) is 6.61 Å². The molecule has 13 heavy (non-hydrogen) atoms. The number of methoxy groups -OCH3 is 1. The zero-order chi connectivity index (χ0) is 10.5. The maximum atomic E-state index is 11.3. The molecule has 0 amide bonds. The van der Waals surface area contributed by atoms with E-state index in [9.17, 15) is 4.79 Å². The number of ether oxygens (including phenoxy) is 1. The van der Waals surface area contributed by atoms with Crippen LogP contribution in [0.2, 0.25) is 0 Å². The van der Waals surface area contributed by atoms with Crippen molar-refractivity contribution in [1.82, 2.24) is 5.32 Å². The van der Waals surface area contributed by atoms with Gasteiger partial charge in [0, 0.05) is 0 Å². The summed E-state index contributed by atoms with van der Waals surface area (Å²) in [5.74, 6) is -0.472. The van der Waals surface area contributed by atoms with Crippen LogP contribution in [0.25, 0.3) is 0 Å². The highest BCUT2D eigenvalue weighted by molar-refractivity contribution is 5.81. The van der Waals surface area contributed by atoms with E-state index in [2.05, 4.69) is 16.6 Å². The highest BCUT2D eigenvalue weighted by atomic mass is 16.5. The number of likely N-dealkylation sites (N-methyl/N-ethyl adjacent to an activating group) is 1. The number of aliphatic hydroxyl groups is 1. The second-order valence-electron chi connectivity index (χ2n) is 3.12. The monoisotopic (exact) mass is 187 g/mol. The molecule has 2 N–H and O–H groups in total. The van der Waals surface area contributed by atoms with E-state index in [0.29, 0.717) is 6.42 Å². The molecule has 4 heteroatoms. The van der Waals surface area contributed by atoms with Crippen molar-refractivity contribution >= 4 is 5.97 Å². The number of nitrogens with one attached hydrogen (secondary N) is 1. The van der Waals surface area contributed by atoms with Gasteiger partial charge in [0.05, 0.1) is 13.7 Å². The molecule has 0 rings (SSSR count). The molecule has 0 aliphatic rings. The quantitative estimate of drug-likeness (QED) is 0.472. The minimum absolute atomic E-state index is 0.303. The smallest absolute Gasteiger partial charge is 0.328 e. The summed E-state index contributed by atoms with van der Waals surface area (Å²) < 4.78 is 4.60. The lowest BCUT2D eigenvalue weighted by molar-refractivity contribution is -0.150. The molecule has 0 unspecified atom stereocenters. The Kier molecular flexibility index (Phi) is 4.66. The summed E-state index contributed by atoms with van der Waals surface area (Å²) in [4.78, 5) is 11.3. The van der Waals surface area contributed by atoms with E-state index in [1.54, 1.807) is 14.0 Å². The summed E-state index contributed by atoms with van der Waals surface area (Å²) in [6, 6.07) is 0. The lowest BCUT2D eigenvalue weighted by atomic mass is 9.93. The molecule has 0 aromatic heterocycles. The SMILES string of the molecule is C=C(C)C[C@@](CO)(NC)C(=O)OC. The van der Waals surface area contributed by atoms with E-state index in [0.717, 1.165) is 5.57 Å². The predicted molar refractivity (Wildman–Crippen MR) is 50.3 cm³/mol. The van der Waals surface area contributed by atoms with Crippen LogP contribution in [0.15, 0.2) is 12.2 Å². The Morgan fingerprint density at radius 1 is 1.69 bits per heavy atom. The van der Waals surface area contributed by atoms with Crippen molar-refractivity contribution in [2.75, 3.05) is 20.8 Å². The zero-order valence-electron chi connectivity index (χ0n) is 8.39. The molecule has 0 aromatic carbocycles. The molecule has 0 radical (unpaired) electrons. The third kappa shape index (κ3) is 2.82. The van der Waals surface area contributed by atoms with Gasteiger partial charge in [0.25, 0.3) is 0 Å². The summed E-state index contributed by atoms with van der Waals surface area (Å²) in [5, 5.41) is 11.9. The molecule has 0 bridgehead atoms. The molecule has 0 fully saturated rings. The molecule has 0 aromatic rings. The molecule has 0 spiro atoms. The standard InChI is InChI=1S/C9H17NO3/c1-7(2)5-9(6-11,10-3)8(12)13-4/h10-11H,1,5-6H2,2-4H3/t9-/m0/s1. The lowest BCUT2D eigenvalue weighted by Gasteiger charge is -2.28. The number of hydrogen-bond donors (Lipinski definition) is 2. The van der Waals surface area contributed by atoms with E-state index >= 15 is 0 Å². The Morgan fingerprint density at radius 3 is 2.46 bits per heavy atom. The first-order valence-electron chi connectivity index (χ1n) is 4.05. The highest BCUT2D eigenvalue weighted by Gasteiger charge is 2.37. The molecule has 0 saturated heterocycles. The number of aliphatic hydroxyl groups excluding tert-OH is 1. The van der Waals surface area contributed by atoms with Gasteiger partial charge in [-0.2, -0.15) is 0 Å². The average Bonchev–Trinajstić information content (AvgIpc) is 2.12. The van der Waals surface area contributed by atoms with Gasteiger partial charge in [-0.3, -0.25) is 0 Å². The van der Waals surface area contributed by atoms with E-state index in [1.165, 1.54) is 7.11 Å². The molecular weight excluding hydrogens is 170 g/mol. The zero-order valence-corrected chi connectivity index (χ0v) is 8.39. The van der Waals surface area contributed by atoms with Crippen molar-refractivity contribution < 1.29 is 14.6 Å². The summed E-state index contributed by atoms with van der Waals surface area (Å²) in [7, 11) is 2.90. The Labute approximate surface area is 78.6 Å². The van der Waals surface area contributed by atoms with Crippen LogP contribution < -0.4 is 5.32 Å². The summed E-state index contributed by atoms with van der Waals surface area (Å²) in [6.45, 7) is 5.19. The molecule has 1 atom stereocenters. The minimum atomic E-state index is -1.04. The van der Waals surface area contributed by atoms with Crippen molar-refractivity contribution in [2.24, 2.45) is 0 Å². The van der Waals surface area contributed by atoms with Gasteiger partial charge >= 0.3 is 5.97 Å². The molecular formula is C9H17NO3. The second-order valence-corrected chi connectivity index (χ2v) is 3.12. The molecule has 0 aliphatic heterocycles. The predicted octanol–water partition coefficient (Wildman–Crippen LogP) is 0.0761. The van der Waals surface area contributed by atoms with Gasteiger partial charge in [0.2, 0.25) is 0 Å². The van der Waals surface area contributed by atoms with Gasteiger partial charge in [-0.15, -0.1) is 6.58 Å². The van der Waals surface area contributed by atoms with Crippen molar-refractivity contribution in [3.8, 4) is 0 Å². The number of rotatable bonds is 5. The first-order valence-corrected chi connectivity index (χ1v) is 4.05. The van der Waals surface area contributed by atoms with Crippen molar-refractivity contribution in [2.45, 2.75) is 18.9 Å². The van der Waals surface area contributed by atoms with Crippen LogP contribution in [0, 0.1) is 0 Å². The third-order valence-electron chi connectivity index (χ3n) is 1.93. The summed E-state index contributed by atoms with van der Waals surface area (Å²) in [5.41, 5.74) is -0.227. The van der Waals surface area contributed by atoms with Gasteiger partial charge in [0.15, 0.2) is 0 Å². The van der Waals surface area contributed by atoms with E-state index in [4.69, 9.17) is 5.11 Å². The Balaban J connectivity index is 4.68. The molecule has 0 heterocycles. The Morgan fingerprint density at radius 2 is 2.23 bits per heavy atom. The Bertz CT molecular complexity index is 197. The van der Waals surface area contributed by atoms with E-state index < -0.39 is 11.5 Å². The lowest BCUT2D eigenvalue weighted by Crippen LogP contribution is -2.54. The van der Waals surface area contributed by atoms with Crippen molar-refractivity contribution in [1.29, 1.82) is 0 Å². The average molecular weight is 187 g/mol. The normalized spacial score (nSPS) is 14.8. The largest absolute Gasteiger partial charge is 0.468 e. The second kappa shape index (κ2) is 4.99.